The van der Waals surface area contributed by atoms with Crippen molar-refractivity contribution < 1.29 is 8.42 Å². The molecule has 1 N–H and O–H groups in total. The van der Waals surface area contributed by atoms with Crippen molar-refractivity contribution in [2.75, 3.05) is 10.5 Å². The fourth-order valence-electron chi connectivity index (χ4n) is 1.74. The average Bonchev–Trinajstić information content (AvgIpc) is 2.43. The molecule has 0 aliphatic carbocycles. The van der Waals surface area contributed by atoms with E-state index < -0.39 is 10.0 Å². The van der Waals surface area contributed by atoms with Crippen LogP contribution in [0.5, 0.6) is 0 Å². The topological polar surface area (TPSA) is 59.1 Å². The first-order chi connectivity index (χ1) is 9.48. The van der Waals surface area contributed by atoms with E-state index in [1.807, 2.05) is 25.1 Å². The molecule has 0 atom stereocenters. The number of benzene rings is 1. The number of nitrogens with zero attached hydrogens (tertiary/aromatic N) is 1. The van der Waals surface area contributed by atoms with Gasteiger partial charge in [0.1, 0.15) is 0 Å². The Morgan fingerprint density at radius 1 is 1.20 bits per heavy atom. The zero-order valence-electron chi connectivity index (χ0n) is 11.0. The van der Waals surface area contributed by atoms with Crippen LogP contribution < -0.4 is 4.72 Å². The van der Waals surface area contributed by atoms with Crippen LogP contribution in [0.3, 0.4) is 0 Å². The van der Waals surface area contributed by atoms with Gasteiger partial charge in [0.15, 0.2) is 0 Å². The Bertz CT molecular complexity index is 688. The maximum atomic E-state index is 12.1. The molecule has 6 heteroatoms. The van der Waals surface area contributed by atoms with E-state index in [1.165, 1.54) is 0 Å². The SMILES string of the molecule is Cc1c(Br)cccc1NS(=O)(=O)CCc1ccncc1. The van der Waals surface area contributed by atoms with Gasteiger partial charge in [-0.2, -0.15) is 0 Å². The zero-order chi connectivity index (χ0) is 14.6. The molecule has 20 heavy (non-hydrogen) atoms. The molecule has 0 aliphatic rings. The maximum Gasteiger partial charge on any atom is 0.233 e. The highest BCUT2D eigenvalue weighted by molar-refractivity contribution is 9.10. The molecule has 0 aliphatic heterocycles. The van der Waals surface area contributed by atoms with Crippen LogP contribution in [0.25, 0.3) is 0 Å². The maximum absolute atomic E-state index is 12.1. The molecule has 2 rings (SSSR count). The molecule has 0 radical (unpaired) electrons. The van der Waals surface area contributed by atoms with Gasteiger partial charge in [-0.1, -0.05) is 22.0 Å². The molecule has 1 heterocycles. The van der Waals surface area contributed by atoms with Crippen LogP contribution in [0, 0.1) is 6.92 Å². The minimum absolute atomic E-state index is 0.0446. The Kier molecular flexibility index (Phi) is 4.77. The molecular weight excluding hydrogens is 340 g/mol. The lowest BCUT2D eigenvalue weighted by molar-refractivity contribution is 0.600. The third-order valence-electron chi connectivity index (χ3n) is 2.94. The van der Waals surface area contributed by atoms with E-state index in [-0.39, 0.29) is 5.75 Å². The summed E-state index contributed by atoms with van der Waals surface area (Å²) in [6, 6.07) is 9.08. The fraction of sp³-hybridized carbons (Fsp3) is 0.214. The Balaban J connectivity index is 2.06. The first-order valence-corrected chi connectivity index (χ1v) is 8.57. The molecule has 0 saturated carbocycles. The number of hydrogen-bond acceptors (Lipinski definition) is 3. The summed E-state index contributed by atoms with van der Waals surface area (Å²) in [6.07, 6.45) is 3.78. The van der Waals surface area contributed by atoms with Gasteiger partial charge in [-0.3, -0.25) is 9.71 Å². The van der Waals surface area contributed by atoms with Crippen LogP contribution in [0.1, 0.15) is 11.1 Å². The summed E-state index contributed by atoms with van der Waals surface area (Å²) < 4.78 is 27.7. The van der Waals surface area contributed by atoms with Crippen LogP contribution in [0.2, 0.25) is 0 Å². The molecule has 0 spiro atoms. The second-order valence-corrected chi connectivity index (χ2v) is 7.13. The van der Waals surface area contributed by atoms with Gasteiger partial charge in [0.25, 0.3) is 0 Å². The lowest BCUT2D eigenvalue weighted by Gasteiger charge is -2.11. The number of halogens is 1. The lowest BCUT2D eigenvalue weighted by Crippen LogP contribution is -2.18. The van der Waals surface area contributed by atoms with Gasteiger partial charge in [-0.05, 0) is 48.7 Å². The number of nitrogens with one attached hydrogen (secondary N) is 1. The van der Waals surface area contributed by atoms with Crippen molar-refractivity contribution in [1.82, 2.24) is 4.98 Å². The first kappa shape index (κ1) is 15.0. The third-order valence-corrected chi connectivity index (χ3v) is 5.07. The molecule has 2 aromatic rings. The van der Waals surface area contributed by atoms with E-state index in [0.29, 0.717) is 12.1 Å². The van der Waals surface area contributed by atoms with E-state index in [4.69, 9.17) is 0 Å². The minimum Gasteiger partial charge on any atom is -0.283 e. The van der Waals surface area contributed by atoms with E-state index in [2.05, 4.69) is 25.6 Å². The van der Waals surface area contributed by atoms with Crippen molar-refractivity contribution in [2.45, 2.75) is 13.3 Å². The highest BCUT2D eigenvalue weighted by Gasteiger charge is 2.12. The Hall–Kier alpha value is -1.40. The molecule has 4 nitrogen and oxygen atoms in total. The van der Waals surface area contributed by atoms with Gasteiger partial charge in [0.2, 0.25) is 10.0 Å². The third kappa shape index (κ3) is 4.05. The summed E-state index contributed by atoms with van der Waals surface area (Å²) in [4.78, 5) is 3.91. The van der Waals surface area contributed by atoms with E-state index in [9.17, 15) is 8.42 Å². The lowest BCUT2D eigenvalue weighted by atomic mass is 10.2. The van der Waals surface area contributed by atoms with Gasteiger partial charge in [0.05, 0.1) is 11.4 Å². The van der Waals surface area contributed by atoms with Crippen LogP contribution in [0.4, 0.5) is 5.69 Å². The number of aryl methyl sites for hydroxylation is 1. The molecule has 106 valence electrons. The number of aromatic nitrogens is 1. The molecule has 0 fully saturated rings. The Morgan fingerprint density at radius 2 is 1.90 bits per heavy atom. The normalized spacial score (nSPS) is 11.3. The van der Waals surface area contributed by atoms with Crippen molar-refractivity contribution in [3.05, 3.63) is 58.3 Å². The summed E-state index contributed by atoms with van der Waals surface area (Å²) in [7, 11) is -3.36. The standard InChI is InChI=1S/C14H15BrN2O2S/c1-11-13(15)3-2-4-14(11)17-20(18,19)10-7-12-5-8-16-9-6-12/h2-6,8-9,17H,7,10H2,1H3. The van der Waals surface area contributed by atoms with Crippen LogP contribution in [-0.2, 0) is 16.4 Å². The first-order valence-electron chi connectivity index (χ1n) is 6.12. The predicted octanol–water partition coefficient (Wildman–Crippen LogP) is 3.14. The minimum atomic E-state index is -3.36. The number of sulfonamides is 1. The number of rotatable bonds is 5. The van der Waals surface area contributed by atoms with Gasteiger partial charge < -0.3 is 0 Å². The fourth-order valence-corrected chi connectivity index (χ4v) is 3.27. The summed E-state index contributed by atoms with van der Waals surface area (Å²) in [5.74, 6) is 0.0446. The van der Waals surface area contributed by atoms with Crippen LogP contribution in [-0.4, -0.2) is 19.2 Å². The number of hydrogen-bond donors (Lipinski definition) is 1. The van der Waals surface area contributed by atoms with Gasteiger partial charge in [-0.15, -0.1) is 0 Å². The Morgan fingerprint density at radius 3 is 2.60 bits per heavy atom. The predicted molar refractivity (Wildman–Crippen MR) is 84.2 cm³/mol. The molecule has 0 unspecified atom stereocenters. The Labute approximate surface area is 127 Å². The summed E-state index contributed by atoms with van der Waals surface area (Å²) in [6.45, 7) is 1.87. The van der Waals surface area contributed by atoms with E-state index in [0.717, 1.165) is 15.6 Å². The summed E-state index contributed by atoms with van der Waals surface area (Å²) >= 11 is 3.39. The zero-order valence-corrected chi connectivity index (χ0v) is 13.4. The molecule has 0 saturated heterocycles. The molecular formula is C14H15BrN2O2S. The number of pyridine rings is 1. The summed E-state index contributed by atoms with van der Waals surface area (Å²) in [5, 5.41) is 0. The van der Waals surface area contributed by atoms with E-state index in [1.54, 1.807) is 24.5 Å². The highest BCUT2D eigenvalue weighted by Crippen LogP contribution is 2.24. The molecule has 1 aromatic heterocycles. The molecule has 0 amide bonds. The highest BCUT2D eigenvalue weighted by atomic mass is 79.9. The molecule has 1 aromatic carbocycles. The average molecular weight is 355 g/mol. The van der Waals surface area contributed by atoms with Crippen molar-refractivity contribution >= 4 is 31.6 Å². The second kappa shape index (κ2) is 6.37. The van der Waals surface area contributed by atoms with Crippen LogP contribution >= 0.6 is 15.9 Å². The van der Waals surface area contributed by atoms with Crippen LogP contribution in [0.15, 0.2) is 47.2 Å². The quantitative estimate of drug-likeness (QED) is 0.897. The summed E-state index contributed by atoms with van der Waals surface area (Å²) in [5.41, 5.74) is 2.44. The van der Waals surface area contributed by atoms with E-state index >= 15 is 0 Å². The van der Waals surface area contributed by atoms with Gasteiger partial charge in [0, 0.05) is 16.9 Å². The van der Waals surface area contributed by atoms with Gasteiger partial charge in [-0.25, -0.2) is 8.42 Å². The van der Waals surface area contributed by atoms with Gasteiger partial charge >= 0.3 is 0 Å². The monoisotopic (exact) mass is 354 g/mol. The van der Waals surface area contributed by atoms with Crippen molar-refractivity contribution in [3.8, 4) is 0 Å². The second-order valence-electron chi connectivity index (χ2n) is 4.44. The van der Waals surface area contributed by atoms with Crippen molar-refractivity contribution in [1.29, 1.82) is 0 Å². The van der Waals surface area contributed by atoms with Crippen molar-refractivity contribution in [3.63, 3.8) is 0 Å². The van der Waals surface area contributed by atoms with Crippen molar-refractivity contribution in [2.24, 2.45) is 0 Å². The largest absolute Gasteiger partial charge is 0.283 e. The smallest absolute Gasteiger partial charge is 0.233 e. The molecule has 0 bridgehead atoms. The number of anilines is 1.